The van der Waals surface area contributed by atoms with E-state index in [1.54, 1.807) is 0 Å². The number of aromatic nitrogens is 1. The fourth-order valence-corrected chi connectivity index (χ4v) is 3.36. The predicted octanol–water partition coefficient (Wildman–Crippen LogP) is 2.52. The number of anilines is 1. The van der Waals surface area contributed by atoms with Gasteiger partial charge in [0.25, 0.3) is 0 Å². The molecule has 4 nitrogen and oxygen atoms in total. The number of fused-ring (bicyclic) bond motifs is 1. The Kier molecular flexibility index (Phi) is 3.87. The lowest BCUT2D eigenvalue weighted by atomic mass is 9.99. The third-order valence-corrected chi connectivity index (χ3v) is 4.25. The SMILES string of the molecule is CCOc1cccnc1NC1CCN2CCCCC12. The maximum absolute atomic E-state index is 5.64. The van der Waals surface area contributed by atoms with Crippen LogP contribution in [0.15, 0.2) is 18.3 Å². The van der Waals surface area contributed by atoms with E-state index in [1.807, 2.05) is 25.3 Å². The van der Waals surface area contributed by atoms with Crippen LogP contribution >= 0.6 is 0 Å². The largest absolute Gasteiger partial charge is 0.490 e. The zero-order valence-corrected chi connectivity index (χ0v) is 11.6. The number of hydrogen-bond acceptors (Lipinski definition) is 4. The van der Waals surface area contributed by atoms with E-state index in [1.165, 1.54) is 38.8 Å². The van der Waals surface area contributed by atoms with Crippen molar-refractivity contribution < 1.29 is 4.74 Å². The summed E-state index contributed by atoms with van der Waals surface area (Å²) in [4.78, 5) is 7.07. The van der Waals surface area contributed by atoms with E-state index >= 15 is 0 Å². The summed E-state index contributed by atoms with van der Waals surface area (Å²) in [7, 11) is 0. The first-order valence-electron chi connectivity index (χ1n) is 7.47. The Hall–Kier alpha value is -1.29. The molecule has 2 aliphatic rings. The minimum Gasteiger partial charge on any atom is -0.490 e. The first kappa shape index (κ1) is 12.7. The van der Waals surface area contributed by atoms with E-state index in [0.717, 1.165) is 11.6 Å². The van der Waals surface area contributed by atoms with Crippen molar-refractivity contribution in [2.75, 3.05) is 25.0 Å². The summed E-state index contributed by atoms with van der Waals surface area (Å²) < 4.78 is 5.64. The van der Waals surface area contributed by atoms with Crippen molar-refractivity contribution in [3.8, 4) is 5.75 Å². The normalized spacial score (nSPS) is 27.0. The molecule has 2 aliphatic heterocycles. The minimum absolute atomic E-state index is 0.523. The van der Waals surface area contributed by atoms with Gasteiger partial charge in [-0.05, 0) is 44.9 Å². The standard InChI is InChI=1S/C15H23N3O/c1-2-19-14-7-5-9-16-15(14)17-12-8-11-18-10-4-3-6-13(12)18/h5,7,9,12-13H,2-4,6,8,10-11H2,1H3,(H,16,17). The lowest BCUT2D eigenvalue weighted by molar-refractivity contribution is 0.192. The lowest BCUT2D eigenvalue weighted by Crippen LogP contribution is -2.41. The van der Waals surface area contributed by atoms with Crippen LogP contribution in [0.3, 0.4) is 0 Å². The molecule has 3 rings (SSSR count). The van der Waals surface area contributed by atoms with E-state index in [-0.39, 0.29) is 0 Å². The van der Waals surface area contributed by atoms with Crippen LogP contribution in [0.2, 0.25) is 0 Å². The summed E-state index contributed by atoms with van der Waals surface area (Å²) in [5.41, 5.74) is 0. The number of rotatable bonds is 4. The molecule has 4 heteroatoms. The minimum atomic E-state index is 0.523. The molecule has 104 valence electrons. The molecule has 2 atom stereocenters. The molecule has 1 N–H and O–H groups in total. The summed E-state index contributed by atoms with van der Waals surface area (Å²) in [6.45, 7) is 5.18. The first-order chi connectivity index (χ1) is 9.38. The molecule has 2 unspecified atom stereocenters. The van der Waals surface area contributed by atoms with Crippen LogP contribution in [0.4, 0.5) is 5.82 Å². The fourth-order valence-electron chi connectivity index (χ4n) is 3.36. The summed E-state index contributed by atoms with van der Waals surface area (Å²) in [5.74, 6) is 1.78. The van der Waals surface area contributed by atoms with Gasteiger partial charge in [0.05, 0.1) is 6.61 Å². The summed E-state index contributed by atoms with van der Waals surface area (Å²) in [6.07, 6.45) is 7.08. The summed E-state index contributed by atoms with van der Waals surface area (Å²) in [6, 6.07) is 5.13. The van der Waals surface area contributed by atoms with E-state index in [2.05, 4.69) is 15.2 Å². The van der Waals surface area contributed by atoms with Crippen LogP contribution in [0.1, 0.15) is 32.6 Å². The molecule has 2 fully saturated rings. The number of hydrogen-bond donors (Lipinski definition) is 1. The Morgan fingerprint density at radius 3 is 3.21 bits per heavy atom. The summed E-state index contributed by atoms with van der Waals surface area (Å²) in [5, 5.41) is 3.62. The number of ether oxygens (including phenoxy) is 1. The molecule has 0 spiro atoms. The third kappa shape index (κ3) is 2.68. The average molecular weight is 261 g/mol. The van der Waals surface area contributed by atoms with E-state index in [4.69, 9.17) is 4.74 Å². The van der Waals surface area contributed by atoms with Gasteiger partial charge in [0.1, 0.15) is 0 Å². The van der Waals surface area contributed by atoms with Gasteiger partial charge in [-0.1, -0.05) is 6.42 Å². The van der Waals surface area contributed by atoms with E-state index in [9.17, 15) is 0 Å². The van der Waals surface area contributed by atoms with Crippen molar-refractivity contribution in [3.05, 3.63) is 18.3 Å². The molecule has 0 amide bonds. The summed E-state index contributed by atoms with van der Waals surface area (Å²) >= 11 is 0. The monoisotopic (exact) mass is 261 g/mol. The highest BCUT2D eigenvalue weighted by atomic mass is 16.5. The quantitative estimate of drug-likeness (QED) is 0.903. The molecule has 0 aromatic carbocycles. The molecular weight excluding hydrogens is 238 g/mol. The molecule has 3 heterocycles. The number of piperidine rings is 1. The van der Waals surface area contributed by atoms with Gasteiger partial charge in [-0.3, -0.25) is 4.90 Å². The molecule has 0 bridgehead atoms. The Balaban J connectivity index is 1.71. The maximum Gasteiger partial charge on any atom is 0.169 e. The van der Waals surface area contributed by atoms with Crippen LogP contribution < -0.4 is 10.1 Å². The lowest BCUT2D eigenvalue weighted by Gasteiger charge is -2.32. The number of nitrogens with zero attached hydrogens (tertiary/aromatic N) is 2. The van der Waals surface area contributed by atoms with Gasteiger partial charge in [0.15, 0.2) is 11.6 Å². The van der Waals surface area contributed by atoms with Crippen LogP contribution in [0.25, 0.3) is 0 Å². The van der Waals surface area contributed by atoms with Gasteiger partial charge in [0.2, 0.25) is 0 Å². The van der Waals surface area contributed by atoms with Gasteiger partial charge >= 0.3 is 0 Å². The van der Waals surface area contributed by atoms with Gasteiger partial charge in [-0.25, -0.2) is 4.98 Å². The van der Waals surface area contributed by atoms with Crippen molar-refractivity contribution in [2.45, 2.75) is 44.7 Å². The van der Waals surface area contributed by atoms with Crippen molar-refractivity contribution in [1.82, 2.24) is 9.88 Å². The number of pyridine rings is 1. The van der Waals surface area contributed by atoms with E-state index in [0.29, 0.717) is 18.7 Å². The third-order valence-electron chi connectivity index (χ3n) is 4.25. The first-order valence-corrected chi connectivity index (χ1v) is 7.47. The molecule has 0 radical (unpaired) electrons. The van der Waals surface area contributed by atoms with Gasteiger partial charge in [0, 0.05) is 24.8 Å². The molecule has 0 aliphatic carbocycles. The van der Waals surface area contributed by atoms with Crippen LogP contribution in [-0.4, -0.2) is 41.7 Å². The van der Waals surface area contributed by atoms with Crippen LogP contribution in [-0.2, 0) is 0 Å². The molecule has 2 saturated heterocycles. The zero-order chi connectivity index (χ0) is 13.1. The Bertz CT molecular complexity index is 424. The highest BCUT2D eigenvalue weighted by Gasteiger charge is 2.35. The zero-order valence-electron chi connectivity index (χ0n) is 11.6. The van der Waals surface area contributed by atoms with Crippen molar-refractivity contribution >= 4 is 5.82 Å². The highest BCUT2D eigenvalue weighted by Crippen LogP contribution is 2.31. The second kappa shape index (κ2) is 5.78. The second-order valence-electron chi connectivity index (χ2n) is 5.42. The Morgan fingerprint density at radius 2 is 2.32 bits per heavy atom. The number of nitrogens with one attached hydrogen (secondary N) is 1. The average Bonchev–Trinajstić information content (AvgIpc) is 2.85. The molecule has 0 saturated carbocycles. The molecular formula is C15H23N3O. The van der Waals surface area contributed by atoms with Crippen molar-refractivity contribution in [2.24, 2.45) is 0 Å². The molecule has 19 heavy (non-hydrogen) atoms. The van der Waals surface area contributed by atoms with Gasteiger partial charge in [-0.2, -0.15) is 0 Å². The van der Waals surface area contributed by atoms with Crippen LogP contribution in [0, 0.1) is 0 Å². The van der Waals surface area contributed by atoms with Gasteiger partial charge in [-0.15, -0.1) is 0 Å². The Labute approximate surface area is 115 Å². The smallest absolute Gasteiger partial charge is 0.169 e. The Morgan fingerprint density at radius 1 is 1.37 bits per heavy atom. The topological polar surface area (TPSA) is 37.4 Å². The van der Waals surface area contributed by atoms with Crippen molar-refractivity contribution in [1.29, 1.82) is 0 Å². The molecule has 1 aromatic heterocycles. The maximum atomic E-state index is 5.64. The van der Waals surface area contributed by atoms with Crippen molar-refractivity contribution in [3.63, 3.8) is 0 Å². The predicted molar refractivity (Wildman–Crippen MR) is 76.6 cm³/mol. The van der Waals surface area contributed by atoms with Crippen LogP contribution in [0.5, 0.6) is 5.75 Å². The van der Waals surface area contributed by atoms with Gasteiger partial charge < -0.3 is 10.1 Å². The highest BCUT2D eigenvalue weighted by molar-refractivity contribution is 5.50. The molecule has 1 aromatic rings. The fraction of sp³-hybridized carbons (Fsp3) is 0.667. The second-order valence-corrected chi connectivity index (χ2v) is 5.42. The van der Waals surface area contributed by atoms with E-state index < -0.39 is 0 Å².